The zero-order valence-corrected chi connectivity index (χ0v) is 13.2. The third-order valence-corrected chi connectivity index (χ3v) is 3.36. The van der Waals surface area contributed by atoms with Crippen molar-refractivity contribution in [1.29, 1.82) is 0 Å². The molecule has 2 aromatic heterocycles. The van der Waals surface area contributed by atoms with E-state index in [2.05, 4.69) is 26.5 Å². The zero-order valence-electron chi connectivity index (χ0n) is 12.4. The van der Waals surface area contributed by atoms with E-state index in [4.69, 9.17) is 0 Å². The summed E-state index contributed by atoms with van der Waals surface area (Å²) in [7, 11) is 0. The molecule has 1 N–H and O–H groups in total. The number of imidazole rings is 1. The molecule has 21 heavy (non-hydrogen) atoms. The van der Waals surface area contributed by atoms with Crippen molar-refractivity contribution in [3.8, 4) is 0 Å². The molecule has 0 amide bonds. The van der Waals surface area contributed by atoms with Gasteiger partial charge in [-0.2, -0.15) is 0 Å². The zero-order chi connectivity index (χ0) is 15.2. The van der Waals surface area contributed by atoms with Crippen molar-refractivity contribution < 1.29 is 0 Å². The lowest BCUT2D eigenvalue weighted by Gasteiger charge is -1.96. The lowest BCUT2D eigenvalue weighted by atomic mass is 10.2. The Balaban J connectivity index is 0.000000774. The Labute approximate surface area is 128 Å². The third kappa shape index (κ3) is 3.49. The van der Waals surface area contributed by atoms with Gasteiger partial charge in [0.25, 0.3) is 0 Å². The van der Waals surface area contributed by atoms with Crippen molar-refractivity contribution in [1.82, 2.24) is 19.9 Å². The minimum absolute atomic E-state index is 0.823. The van der Waals surface area contributed by atoms with Gasteiger partial charge in [-0.25, -0.2) is 4.98 Å². The molecule has 0 saturated carbocycles. The van der Waals surface area contributed by atoms with Gasteiger partial charge >= 0.3 is 0 Å². The van der Waals surface area contributed by atoms with Gasteiger partial charge in [0, 0.05) is 12.4 Å². The van der Waals surface area contributed by atoms with Crippen LogP contribution in [0.1, 0.15) is 19.4 Å². The number of benzene rings is 1. The Morgan fingerprint density at radius 1 is 1.14 bits per heavy atom. The number of aromatic nitrogens is 4. The van der Waals surface area contributed by atoms with E-state index in [0.29, 0.717) is 0 Å². The highest BCUT2D eigenvalue weighted by molar-refractivity contribution is 7.98. The smallest absolute Gasteiger partial charge is 0.166 e. The summed E-state index contributed by atoms with van der Waals surface area (Å²) in [6.07, 6.45) is 7.36. The first-order chi connectivity index (χ1) is 10.3. The van der Waals surface area contributed by atoms with Crippen molar-refractivity contribution in [3.63, 3.8) is 0 Å². The highest BCUT2D eigenvalue weighted by atomic mass is 32.2. The van der Waals surface area contributed by atoms with E-state index in [-0.39, 0.29) is 0 Å². The SMILES string of the molecule is C=c1[nH]c(SC)n/c1=C\c1ccc2nccnc2c1.CC. The van der Waals surface area contributed by atoms with Crippen LogP contribution in [0, 0.1) is 0 Å². The van der Waals surface area contributed by atoms with E-state index < -0.39 is 0 Å². The molecule has 0 aliphatic carbocycles. The van der Waals surface area contributed by atoms with Gasteiger partial charge in [-0.15, -0.1) is 0 Å². The molecule has 4 nitrogen and oxygen atoms in total. The standard InChI is InChI=1S/C14H12N4S.C2H6/c1-9-12(18-14(17-9)19-2)7-10-3-4-11-13(8-10)16-6-5-15-11;1-2/h3-8H,1H2,2H3,(H,17,18);1-2H3/b12-7-;. The first-order valence-electron chi connectivity index (χ1n) is 6.78. The summed E-state index contributed by atoms with van der Waals surface area (Å²) in [4.78, 5) is 16.1. The highest BCUT2D eigenvalue weighted by Gasteiger charge is 1.98. The fourth-order valence-corrected chi connectivity index (χ4v) is 2.26. The number of fused-ring (bicyclic) bond motifs is 1. The number of hydrogen-bond donors (Lipinski definition) is 1. The highest BCUT2D eigenvalue weighted by Crippen LogP contribution is 2.11. The summed E-state index contributed by atoms with van der Waals surface area (Å²) >= 11 is 1.57. The van der Waals surface area contributed by atoms with Crippen LogP contribution < -0.4 is 10.7 Å². The van der Waals surface area contributed by atoms with Crippen LogP contribution in [0.5, 0.6) is 0 Å². The first-order valence-corrected chi connectivity index (χ1v) is 8.00. The molecule has 3 aromatic rings. The van der Waals surface area contributed by atoms with Crippen LogP contribution in [-0.4, -0.2) is 26.2 Å². The van der Waals surface area contributed by atoms with E-state index in [1.165, 1.54) is 0 Å². The molecule has 5 heteroatoms. The summed E-state index contributed by atoms with van der Waals surface area (Å²) in [5.74, 6) is 0. The molecule has 0 unspecified atom stereocenters. The van der Waals surface area contributed by atoms with E-state index in [0.717, 1.165) is 32.5 Å². The summed E-state index contributed by atoms with van der Waals surface area (Å²) in [5.41, 5.74) is 2.81. The van der Waals surface area contributed by atoms with Crippen molar-refractivity contribution >= 4 is 35.5 Å². The Bertz CT molecular complexity index is 839. The maximum atomic E-state index is 4.46. The number of H-pyrrole nitrogens is 1. The summed E-state index contributed by atoms with van der Waals surface area (Å²) in [6, 6.07) is 5.96. The molecule has 0 atom stereocenters. The van der Waals surface area contributed by atoms with Gasteiger partial charge in [0.05, 0.1) is 21.7 Å². The van der Waals surface area contributed by atoms with Gasteiger partial charge in [0.1, 0.15) is 0 Å². The summed E-state index contributed by atoms with van der Waals surface area (Å²) < 4.78 is 0. The number of rotatable bonds is 2. The molecule has 0 aliphatic heterocycles. The molecule has 2 heterocycles. The van der Waals surface area contributed by atoms with Crippen LogP contribution in [0.15, 0.2) is 35.7 Å². The Morgan fingerprint density at radius 2 is 1.86 bits per heavy atom. The minimum atomic E-state index is 0.823. The van der Waals surface area contributed by atoms with Gasteiger partial charge in [-0.3, -0.25) is 9.97 Å². The normalized spacial score (nSPS) is 11.3. The van der Waals surface area contributed by atoms with Crippen LogP contribution >= 0.6 is 11.8 Å². The molecule has 0 bridgehead atoms. The summed E-state index contributed by atoms with van der Waals surface area (Å²) in [6.45, 7) is 7.96. The van der Waals surface area contributed by atoms with Crippen LogP contribution in [-0.2, 0) is 0 Å². The maximum Gasteiger partial charge on any atom is 0.166 e. The largest absolute Gasteiger partial charge is 0.333 e. The molecule has 3 rings (SSSR count). The topological polar surface area (TPSA) is 54.5 Å². The number of nitrogens with zero attached hydrogens (tertiary/aromatic N) is 3. The van der Waals surface area contributed by atoms with Crippen LogP contribution in [0.25, 0.3) is 23.7 Å². The summed E-state index contributed by atoms with van der Waals surface area (Å²) in [5, 5.41) is 2.55. The van der Waals surface area contributed by atoms with Crippen LogP contribution in [0.3, 0.4) is 0 Å². The van der Waals surface area contributed by atoms with Gasteiger partial charge in [0.2, 0.25) is 0 Å². The van der Waals surface area contributed by atoms with Crippen molar-refractivity contribution in [2.45, 2.75) is 19.0 Å². The maximum absolute atomic E-state index is 4.46. The molecule has 0 radical (unpaired) electrons. The van der Waals surface area contributed by atoms with Crippen molar-refractivity contribution in [2.24, 2.45) is 0 Å². The second-order valence-corrected chi connectivity index (χ2v) is 4.85. The number of aromatic amines is 1. The third-order valence-electron chi connectivity index (χ3n) is 2.78. The quantitative estimate of drug-likeness (QED) is 0.738. The predicted octanol–water partition coefficient (Wildman–Crippen LogP) is 2.34. The Kier molecular flexibility index (Phi) is 5.11. The van der Waals surface area contributed by atoms with E-state index in [1.807, 2.05) is 44.4 Å². The monoisotopic (exact) mass is 298 g/mol. The predicted molar refractivity (Wildman–Crippen MR) is 89.6 cm³/mol. The lowest BCUT2D eigenvalue weighted by Crippen LogP contribution is -2.22. The molecule has 0 aliphatic rings. The average Bonchev–Trinajstić information content (AvgIpc) is 2.89. The fourth-order valence-electron chi connectivity index (χ4n) is 1.84. The van der Waals surface area contributed by atoms with Gasteiger partial charge in [-0.1, -0.05) is 38.3 Å². The molecular weight excluding hydrogens is 280 g/mol. The second-order valence-electron chi connectivity index (χ2n) is 4.06. The first kappa shape index (κ1) is 15.3. The van der Waals surface area contributed by atoms with Gasteiger partial charge in [0.15, 0.2) is 5.16 Å². The van der Waals surface area contributed by atoms with Crippen molar-refractivity contribution in [3.05, 3.63) is 46.9 Å². The van der Waals surface area contributed by atoms with Crippen LogP contribution in [0.2, 0.25) is 0 Å². The minimum Gasteiger partial charge on any atom is -0.333 e. The molecule has 0 saturated heterocycles. The second kappa shape index (κ2) is 7.04. The molecule has 0 spiro atoms. The molecular formula is C16H18N4S. The average molecular weight is 298 g/mol. The Hall–Kier alpha value is -2.14. The number of thioether (sulfide) groups is 1. The molecule has 0 fully saturated rings. The number of hydrogen-bond acceptors (Lipinski definition) is 4. The molecule has 1 aromatic carbocycles. The van der Waals surface area contributed by atoms with Gasteiger partial charge < -0.3 is 4.98 Å². The Morgan fingerprint density at radius 3 is 2.52 bits per heavy atom. The lowest BCUT2D eigenvalue weighted by molar-refractivity contribution is 1.05. The van der Waals surface area contributed by atoms with E-state index in [9.17, 15) is 0 Å². The molecule has 108 valence electrons. The van der Waals surface area contributed by atoms with E-state index >= 15 is 0 Å². The fraction of sp³-hybridized carbons (Fsp3) is 0.188. The van der Waals surface area contributed by atoms with Crippen molar-refractivity contribution in [2.75, 3.05) is 6.26 Å². The van der Waals surface area contributed by atoms with Crippen LogP contribution in [0.4, 0.5) is 0 Å². The van der Waals surface area contributed by atoms with Gasteiger partial charge in [-0.05, 0) is 30.0 Å². The van der Waals surface area contributed by atoms with E-state index in [1.54, 1.807) is 24.2 Å². The number of nitrogens with one attached hydrogen (secondary N) is 1.